The van der Waals surface area contributed by atoms with E-state index >= 15 is 0 Å². The number of carboxylic acids is 1. The van der Waals surface area contributed by atoms with Crippen LogP contribution in [0.2, 0.25) is 0 Å². The van der Waals surface area contributed by atoms with Gasteiger partial charge in [-0.2, -0.15) is 13.2 Å². The van der Waals surface area contributed by atoms with E-state index < -0.39 is 24.0 Å². The van der Waals surface area contributed by atoms with Crippen LogP contribution in [0.1, 0.15) is 5.56 Å². The second-order valence-electron chi connectivity index (χ2n) is 5.12. The summed E-state index contributed by atoms with van der Waals surface area (Å²) in [4.78, 5) is 12.5. The number of carbonyl (C=O) groups is 1. The van der Waals surface area contributed by atoms with Crippen molar-refractivity contribution in [3.05, 3.63) is 42.0 Å². The van der Waals surface area contributed by atoms with Gasteiger partial charge in [-0.05, 0) is 5.56 Å². The summed E-state index contributed by atoms with van der Waals surface area (Å²) in [5.74, 6) is -4.55. The molecule has 0 amide bonds. The molecule has 114 valence electrons. The maximum absolute atomic E-state index is 12.8. The van der Waals surface area contributed by atoms with Crippen molar-refractivity contribution in [1.82, 2.24) is 4.90 Å². The average Bonchev–Trinajstić information content (AvgIpc) is 2.84. The highest BCUT2D eigenvalue weighted by Crippen LogP contribution is 2.37. The number of nitrogens with zero attached hydrogens (tertiary/aromatic N) is 1. The Morgan fingerprint density at radius 3 is 2.48 bits per heavy atom. The van der Waals surface area contributed by atoms with E-state index in [2.05, 4.69) is 0 Å². The zero-order valence-corrected chi connectivity index (χ0v) is 11.3. The Morgan fingerprint density at radius 1 is 1.29 bits per heavy atom. The van der Waals surface area contributed by atoms with Gasteiger partial charge in [0.15, 0.2) is 0 Å². The summed E-state index contributed by atoms with van der Waals surface area (Å²) in [6.07, 6.45) is -0.898. The van der Waals surface area contributed by atoms with Crippen LogP contribution in [0.15, 0.2) is 36.4 Å². The molecule has 1 saturated heterocycles. The molecule has 1 aromatic rings. The predicted molar refractivity (Wildman–Crippen MR) is 72.6 cm³/mol. The van der Waals surface area contributed by atoms with Crippen LogP contribution in [0.4, 0.5) is 13.2 Å². The number of hydrogen-bond acceptors (Lipinski definition) is 2. The van der Waals surface area contributed by atoms with Gasteiger partial charge in [-0.15, -0.1) is 0 Å². The second-order valence-corrected chi connectivity index (χ2v) is 5.12. The minimum absolute atomic E-state index is 0.0708. The van der Waals surface area contributed by atoms with Crippen LogP contribution in [-0.2, 0) is 4.79 Å². The topological polar surface area (TPSA) is 40.5 Å². The minimum Gasteiger partial charge on any atom is -0.481 e. The van der Waals surface area contributed by atoms with Crippen molar-refractivity contribution < 1.29 is 23.1 Å². The molecule has 1 aliphatic heterocycles. The van der Waals surface area contributed by atoms with Gasteiger partial charge in [-0.25, -0.2) is 0 Å². The fourth-order valence-corrected chi connectivity index (χ4v) is 2.52. The molecule has 1 fully saturated rings. The van der Waals surface area contributed by atoms with E-state index in [4.69, 9.17) is 5.11 Å². The van der Waals surface area contributed by atoms with Gasteiger partial charge in [0.1, 0.15) is 0 Å². The first-order valence-corrected chi connectivity index (χ1v) is 6.61. The Balaban J connectivity index is 1.97. The summed E-state index contributed by atoms with van der Waals surface area (Å²) in [6.45, 7) is -0.0243. The lowest BCUT2D eigenvalue weighted by Gasteiger charge is -2.18. The van der Waals surface area contributed by atoms with Gasteiger partial charge in [0.2, 0.25) is 0 Å². The Hall–Kier alpha value is -1.82. The van der Waals surface area contributed by atoms with Crippen LogP contribution in [0.5, 0.6) is 0 Å². The summed E-state index contributed by atoms with van der Waals surface area (Å²) < 4.78 is 38.5. The Bertz CT molecular complexity index is 513. The smallest absolute Gasteiger partial charge is 0.393 e. The molecule has 21 heavy (non-hydrogen) atoms. The Kier molecular flexibility index (Phi) is 4.67. The molecule has 0 aromatic heterocycles. The number of likely N-dealkylation sites (tertiary alicyclic amines) is 1. The zero-order valence-electron chi connectivity index (χ0n) is 11.3. The SMILES string of the molecule is O=C(O)[C@@H]1CN(C/C=C/c2ccccc2)C[C@H]1C(F)(F)F. The molecule has 1 N–H and O–H groups in total. The van der Waals surface area contributed by atoms with Crippen molar-refractivity contribution in [2.24, 2.45) is 11.8 Å². The second kappa shape index (κ2) is 6.30. The van der Waals surface area contributed by atoms with Crippen molar-refractivity contribution >= 4 is 12.0 Å². The molecular formula is C15H16F3NO2. The lowest BCUT2D eigenvalue weighted by molar-refractivity contribution is -0.188. The lowest BCUT2D eigenvalue weighted by Crippen LogP contribution is -2.33. The van der Waals surface area contributed by atoms with Crippen molar-refractivity contribution in [2.75, 3.05) is 19.6 Å². The largest absolute Gasteiger partial charge is 0.481 e. The third-order valence-corrected chi connectivity index (χ3v) is 3.61. The van der Waals surface area contributed by atoms with Crippen LogP contribution in [0, 0.1) is 11.8 Å². The van der Waals surface area contributed by atoms with Crippen molar-refractivity contribution in [3.8, 4) is 0 Å². The molecule has 1 heterocycles. The number of hydrogen-bond donors (Lipinski definition) is 1. The molecule has 0 spiro atoms. The van der Waals surface area contributed by atoms with Crippen LogP contribution in [0.3, 0.4) is 0 Å². The number of rotatable bonds is 4. The average molecular weight is 299 g/mol. The van der Waals surface area contributed by atoms with Crippen molar-refractivity contribution in [2.45, 2.75) is 6.18 Å². The van der Waals surface area contributed by atoms with E-state index in [1.807, 2.05) is 36.4 Å². The highest BCUT2D eigenvalue weighted by atomic mass is 19.4. The van der Waals surface area contributed by atoms with Gasteiger partial charge in [-0.3, -0.25) is 9.69 Å². The number of carboxylic acid groups (broad SMARTS) is 1. The quantitative estimate of drug-likeness (QED) is 0.929. The molecule has 1 aromatic carbocycles. The summed E-state index contributed by atoms with van der Waals surface area (Å²) in [7, 11) is 0. The normalized spacial score (nSPS) is 23.8. The molecule has 0 radical (unpaired) electrons. The number of aliphatic carboxylic acids is 1. The van der Waals surface area contributed by atoms with E-state index in [-0.39, 0.29) is 13.1 Å². The van der Waals surface area contributed by atoms with Crippen LogP contribution in [-0.4, -0.2) is 41.8 Å². The molecule has 0 unspecified atom stereocenters. The number of alkyl halides is 3. The lowest BCUT2D eigenvalue weighted by atomic mass is 9.96. The van der Waals surface area contributed by atoms with E-state index in [9.17, 15) is 18.0 Å². The van der Waals surface area contributed by atoms with Gasteiger partial charge in [0.05, 0.1) is 11.8 Å². The summed E-state index contributed by atoms with van der Waals surface area (Å²) in [5.41, 5.74) is 0.957. The summed E-state index contributed by atoms with van der Waals surface area (Å²) in [6, 6.07) is 9.40. The fourth-order valence-electron chi connectivity index (χ4n) is 2.52. The van der Waals surface area contributed by atoms with E-state index in [0.717, 1.165) is 5.56 Å². The monoisotopic (exact) mass is 299 g/mol. The maximum Gasteiger partial charge on any atom is 0.393 e. The molecule has 2 atom stereocenters. The number of halogens is 3. The molecule has 1 aliphatic rings. The van der Waals surface area contributed by atoms with Gasteiger partial charge in [0, 0.05) is 19.6 Å². The maximum atomic E-state index is 12.8. The first-order valence-electron chi connectivity index (χ1n) is 6.61. The predicted octanol–water partition coefficient (Wildman–Crippen LogP) is 2.89. The highest BCUT2D eigenvalue weighted by Gasteiger charge is 2.52. The van der Waals surface area contributed by atoms with Gasteiger partial charge in [0.25, 0.3) is 0 Å². The standard InChI is InChI=1S/C15H16F3NO2/c16-15(17,18)13-10-19(9-12(13)14(20)21)8-4-7-11-5-2-1-3-6-11/h1-7,12-13H,8-10H2,(H,20,21)/b7-4+/t12-,13-/m1/s1. The Morgan fingerprint density at radius 2 is 1.95 bits per heavy atom. The van der Waals surface area contributed by atoms with Crippen molar-refractivity contribution in [1.29, 1.82) is 0 Å². The first kappa shape index (κ1) is 15.6. The summed E-state index contributed by atoms with van der Waals surface area (Å²) in [5, 5.41) is 8.92. The number of benzene rings is 1. The molecule has 0 saturated carbocycles. The molecular weight excluding hydrogens is 283 g/mol. The molecule has 0 bridgehead atoms. The van der Waals surface area contributed by atoms with E-state index in [0.29, 0.717) is 6.54 Å². The summed E-state index contributed by atoms with van der Waals surface area (Å²) >= 11 is 0. The Labute approximate surface area is 120 Å². The van der Waals surface area contributed by atoms with Gasteiger partial charge >= 0.3 is 12.1 Å². The molecule has 6 heteroatoms. The zero-order chi connectivity index (χ0) is 15.5. The van der Waals surface area contributed by atoms with E-state index in [1.165, 1.54) is 4.90 Å². The van der Waals surface area contributed by atoms with Gasteiger partial charge in [-0.1, -0.05) is 42.5 Å². The fraction of sp³-hybridized carbons (Fsp3) is 0.400. The van der Waals surface area contributed by atoms with Crippen molar-refractivity contribution in [3.63, 3.8) is 0 Å². The van der Waals surface area contributed by atoms with Crippen LogP contribution in [0.25, 0.3) is 6.08 Å². The third kappa shape index (κ3) is 4.07. The van der Waals surface area contributed by atoms with Crippen LogP contribution >= 0.6 is 0 Å². The minimum atomic E-state index is -4.47. The van der Waals surface area contributed by atoms with Gasteiger partial charge < -0.3 is 5.11 Å². The van der Waals surface area contributed by atoms with E-state index in [1.54, 1.807) is 6.08 Å². The molecule has 0 aliphatic carbocycles. The van der Waals surface area contributed by atoms with Crippen LogP contribution < -0.4 is 0 Å². The molecule has 3 nitrogen and oxygen atoms in total. The third-order valence-electron chi connectivity index (χ3n) is 3.61. The molecule has 2 rings (SSSR count). The highest BCUT2D eigenvalue weighted by molar-refractivity contribution is 5.71. The first-order chi connectivity index (χ1) is 9.88.